The maximum absolute atomic E-state index is 11.9. The van der Waals surface area contributed by atoms with Gasteiger partial charge < -0.3 is 14.5 Å². The Balaban J connectivity index is 1.58. The Labute approximate surface area is 126 Å². The summed E-state index contributed by atoms with van der Waals surface area (Å²) in [5.74, 6) is 0.832. The van der Waals surface area contributed by atoms with Gasteiger partial charge in [-0.15, -0.1) is 0 Å². The summed E-state index contributed by atoms with van der Waals surface area (Å²) in [7, 11) is 0. The number of hydrogen-bond donors (Lipinski definition) is 1. The quantitative estimate of drug-likeness (QED) is 0.710. The van der Waals surface area contributed by atoms with Crippen molar-refractivity contribution >= 4 is 5.91 Å². The Hall–Kier alpha value is -1.37. The number of hydrogen-bond acceptors (Lipinski definition) is 5. The third kappa shape index (κ3) is 5.87. The van der Waals surface area contributed by atoms with Crippen LogP contribution in [0.5, 0.6) is 0 Å². The number of amides is 1. The molecule has 0 bridgehead atoms. The molecule has 1 saturated heterocycles. The van der Waals surface area contributed by atoms with Gasteiger partial charge in [-0.05, 0) is 19.1 Å². The molecule has 6 heteroatoms. The number of rotatable bonds is 8. The Kier molecular flexibility index (Phi) is 6.72. The second kappa shape index (κ2) is 8.81. The van der Waals surface area contributed by atoms with E-state index in [-0.39, 0.29) is 5.91 Å². The molecule has 6 nitrogen and oxygen atoms in total. The third-order valence-electron chi connectivity index (χ3n) is 3.63. The molecule has 0 unspecified atom stereocenters. The van der Waals surface area contributed by atoms with Gasteiger partial charge in [0.25, 0.3) is 0 Å². The van der Waals surface area contributed by atoms with E-state index in [1.165, 1.54) is 0 Å². The van der Waals surface area contributed by atoms with Crippen LogP contribution in [0.15, 0.2) is 22.8 Å². The second-order valence-electron chi connectivity index (χ2n) is 5.17. The minimum Gasteiger partial charge on any atom is -0.467 e. The molecule has 2 rings (SSSR count). The van der Waals surface area contributed by atoms with E-state index in [0.717, 1.165) is 51.7 Å². The Morgan fingerprint density at radius 2 is 2.10 bits per heavy atom. The van der Waals surface area contributed by atoms with Crippen molar-refractivity contribution in [2.75, 3.05) is 52.5 Å². The molecule has 0 radical (unpaired) electrons. The van der Waals surface area contributed by atoms with Gasteiger partial charge in [0, 0.05) is 39.3 Å². The molecule has 0 aromatic carbocycles. The molecule has 1 aromatic rings. The van der Waals surface area contributed by atoms with Crippen LogP contribution in [0.4, 0.5) is 0 Å². The van der Waals surface area contributed by atoms with E-state index in [2.05, 4.69) is 15.1 Å². The zero-order valence-electron chi connectivity index (χ0n) is 12.7. The lowest BCUT2D eigenvalue weighted by Gasteiger charge is -2.34. The molecule has 1 aliphatic heterocycles. The minimum atomic E-state index is 0.0502. The van der Waals surface area contributed by atoms with Crippen molar-refractivity contribution in [2.45, 2.75) is 13.5 Å². The molecule has 1 aromatic heterocycles. The molecule has 0 atom stereocenters. The molecular formula is C15H25N3O3. The van der Waals surface area contributed by atoms with Crippen LogP contribution in [-0.4, -0.2) is 68.2 Å². The van der Waals surface area contributed by atoms with Gasteiger partial charge in [0.05, 0.1) is 26.0 Å². The summed E-state index contributed by atoms with van der Waals surface area (Å²) in [6.45, 7) is 9.33. The zero-order valence-corrected chi connectivity index (χ0v) is 12.7. The van der Waals surface area contributed by atoms with Crippen LogP contribution in [0.25, 0.3) is 0 Å². The van der Waals surface area contributed by atoms with Crippen molar-refractivity contribution in [3.8, 4) is 0 Å². The predicted molar refractivity (Wildman–Crippen MR) is 79.9 cm³/mol. The molecule has 0 saturated carbocycles. The fourth-order valence-electron chi connectivity index (χ4n) is 2.37. The van der Waals surface area contributed by atoms with E-state index < -0.39 is 0 Å². The highest BCUT2D eigenvalue weighted by Gasteiger charge is 2.18. The number of ether oxygens (including phenoxy) is 1. The second-order valence-corrected chi connectivity index (χ2v) is 5.17. The highest BCUT2D eigenvalue weighted by atomic mass is 16.5. The topological polar surface area (TPSA) is 58.0 Å². The summed E-state index contributed by atoms with van der Waals surface area (Å²) >= 11 is 0. The standard InChI is InChI=1S/C15H25N3O3/c1-2-20-11-9-17-5-7-18(8-6-17)13-15(19)16-12-14-4-3-10-21-14/h3-4,10H,2,5-9,11-13H2,1H3,(H,16,19). The Morgan fingerprint density at radius 1 is 1.33 bits per heavy atom. The van der Waals surface area contributed by atoms with Crippen LogP contribution in [0.3, 0.4) is 0 Å². The smallest absolute Gasteiger partial charge is 0.234 e. The number of nitrogens with one attached hydrogen (secondary N) is 1. The first-order chi connectivity index (χ1) is 10.3. The Bertz CT molecular complexity index is 400. The number of furan rings is 1. The van der Waals surface area contributed by atoms with Crippen molar-refractivity contribution < 1.29 is 13.9 Å². The van der Waals surface area contributed by atoms with Crippen LogP contribution in [0.2, 0.25) is 0 Å². The fourth-order valence-corrected chi connectivity index (χ4v) is 2.37. The van der Waals surface area contributed by atoms with Gasteiger partial charge in [0.2, 0.25) is 5.91 Å². The van der Waals surface area contributed by atoms with Gasteiger partial charge in [-0.1, -0.05) is 0 Å². The molecule has 0 aliphatic carbocycles. The first-order valence-corrected chi connectivity index (χ1v) is 7.59. The van der Waals surface area contributed by atoms with E-state index in [1.54, 1.807) is 6.26 Å². The lowest BCUT2D eigenvalue weighted by atomic mass is 10.3. The minimum absolute atomic E-state index is 0.0502. The van der Waals surface area contributed by atoms with Crippen LogP contribution >= 0.6 is 0 Å². The normalized spacial score (nSPS) is 17.0. The van der Waals surface area contributed by atoms with E-state index in [9.17, 15) is 4.79 Å². The molecule has 1 fully saturated rings. The predicted octanol–water partition coefficient (Wildman–Crippen LogP) is 0.550. The van der Waals surface area contributed by atoms with E-state index >= 15 is 0 Å². The highest BCUT2D eigenvalue weighted by molar-refractivity contribution is 5.77. The van der Waals surface area contributed by atoms with Gasteiger partial charge in [0.1, 0.15) is 5.76 Å². The summed E-state index contributed by atoms with van der Waals surface area (Å²) in [6, 6.07) is 3.68. The summed E-state index contributed by atoms with van der Waals surface area (Å²) < 4.78 is 10.6. The van der Waals surface area contributed by atoms with Crippen LogP contribution in [0, 0.1) is 0 Å². The van der Waals surface area contributed by atoms with Gasteiger partial charge in [0.15, 0.2) is 0 Å². The van der Waals surface area contributed by atoms with Crippen LogP contribution in [-0.2, 0) is 16.1 Å². The lowest BCUT2D eigenvalue weighted by Crippen LogP contribution is -2.50. The first kappa shape index (κ1) is 16.0. The van der Waals surface area contributed by atoms with Crippen molar-refractivity contribution in [1.82, 2.24) is 15.1 Å². The van der Waals surface area contributed by atoms with E-state index in [4.69, 9.17) is 9.15 Å². The summed E-state index contributed by atoms with van der Waals surface area (Å²) in [5.41, 5.74) is 0. The van der Waals surface area contributed by atoms with Crippen molar-refractivity contribution in [3.05, 3.63) is 24.2 Å². The maximum atomic E-state index is 11.9. The molecule has 1 N–H and O–H groups in total. The number of piperazine rings is 1. The van der Waals surface area contributed by atoms with E-state index in [1.807, 2.05) is 19.1 Å². The van der Waals surface area contributed by atoms with Crippen LogP contribution < -0.4 is 5.32 Å². The maximum Gasteiger partial charge on any atom is 0.234 e. The van der Waals surface area contributed by atoms with Gasteiger partial charge >= 0.3 is 0 Å². The molecular weight excluding hydrogens is 270 g/mol. The largest absolute Gasteiger partial charge is 0.467 e. The summed E-state index contributed by atoms with van der Waals surface area (Å²) in [4.78, 5) is 16.4. The number of nitrogens with zero attached hydrogens (tertiary/aromatic N) is 2. The molecule has 1 aliphatic rings. The summed E-state index contributed by atoms with van der Waals surface area (Å²) in [6.07, 6.45) is 1.61. The molecule has 2 heterocycles. The molecule has 1 amide bonds. The highest BCUT2D eigenvalue weighted by Crippen LogP contribution is 2.02. The summed E-state index contributed by atoms with van der Waals surface area (Å²) in [5, 5.41) is 2.88. The average Bonchev–Trinajstić information content (AvgIpc) is 3.01. The molecule has 118 valence electrons. The van der Waals surface area contributed by atoms with Crippen LogP contribution in [0.1, 0.15) is 12.7 Å². The fraction of sp³-hybridized carbons (Fsp3) is 0.667. The van der Waals surface area contributed by atoms with Crippen molar-refractivity contribution in [3.63, 3.8) is 0 Å². The number of carbonyl (C=O) groups is 1. The van der Waals surface area contributed by atoms with Gasteiger partial charge in [-0.25, -0.2) is 0 Å². The lowest BCUT2D eigenvalue weighted by molar-refractivity contribution is -0.122. The molecule has 21 heavy (non-hydrogen) atoms. The number of carbonyl (C=O) groups excluding carboxylic acids is 1. The van der Waals surface area contributed by atoms with E-state index in [0.29, 0.717) is 13.1 Å². The zero-order chi connectivity index (χ0) is 14.9. The Morgan fingerprint density at radius 3 is 2.76 bits per heavy atom. The average molecular weight is 295 g/mol. The SMILES string of the molecule is CCOCCN1CCN(CC(=O)NCc2ccco2)CC1. The third-order valence-corrected chi connectivity index (χ3v) is 3.63. The first-order valence-electron chi connectivity index (χ1n) is 7.59. The van der Waals surface area contributed by atoms with Gasteiger partial charge in [-0.3, -0.25) is 14.6 Å². The monoisotopic (exact) mass is 295 g/mol. The molecule has 0 spiro atoms. The van der Waals surface area contributed by atoms with Crippen molar-refractivity contribution in [2.24, 2.45) is 0 Å². The van der Waals surface area contributed by atoms with Crippen molar-refractivity contribution in [1.29, 1.82) is 0 Å². The van der Waals surface area contributed by atoms with Gasteiger partial charge in [-0.2, -0.15) is 0 Å².